The molecule has 1 amide bonds. The normalized spacial score (nSPS) is 16.9. The van der Waals surface area contributed by atoms with E-state index in [-0.39, 0.29) is 12.5 Å². The molecule has 9 rings (SSSR count). The number of carbonyl (C=O) groups is 1. The number of halogens is 1. The number of hydrogen-bond donors (Lipinski definition) is 0. The van der Waals surface area contributed by atoms with Gasteiger partial charge in [0.2, 0.25) is 5.91 Å². The van der Waals surface area contributed by atoms with Crippen LogP contribution < -0.4 is 14.4 Å². The molecule has 0 N–H and O–H groups in total. The van der Waals surface area contributed by atoms with Crippen LogP contribution in [0.2, 0.25) is 5.02 Å². The van der Waals surface area contributed by atoms with E-state index >= 15 is 0 Å². The van der Waals surface area contributed by atoms with Gasteiger partial charge < -0.3 is 18.9 Å². The van der Waals surface area contributed by atoms with E-state index in [1.165, 1.54) is 0 Å². The number of piperazine rings is 1. The molecule has 1 aromatic heterocycles. The van der Waals surface area contributed by atoms with E-state index < -0.39 is 0 Å². The average Bonchev–Trinajstić information content (AvgIpc) is 3.33. The van der Waals surface area contributed by atoms with Crippen molar-refractivity contribution in [2.24, 2.45) is 0 Å². The summed E-state index contributed by atoms with van der Waals surface area (Å²) in [5, 5.41) is 10.4. The highest BCUT2D eigenvalue weighted by Gasteiger charge is 2.28. The molecule has 1 atom stereocenters. The minimum absolute atomic E-state index is 0.0383. The van der Waals surface area contributed by atoms with Crippen molar-refractivity contribution in [1.82, 2.24) is 14.5 Å². The van der Waals surface area contributed by atoms with Gasteiger partial charge in [-0.2, -0.15) is 5.26 Å². The Hall–Kier alpha value is -4.32. The van der Waals surface area contributed by atoms with Crippen LogP contribution in [0.3, 0.4) is 0 Å². The lowest BCUT2D eigenvalue weighted by molar-refractivity contribution is -0.121. The van der Waals surface area contributed by atoms with Crippen molar-refractivity contribution in [3.8, 4) is 29.1 Å². The molecule has 37 heavy (non-hydrogen) atoms. The van der Waals surface area contributed by atoms with Crippen molar-refractivity contribution < 1.29 is 14.3 Å². The Morgan fingerprint density at radius 1 is 0.892 bits per heavy atom. The smallest absolute Gasteiger partial charge is 0.241 e. The summed E-state index contributed by atoms with van der Waals surface area (Å²) in [7, 11) is 0. The quantitative estimate of drug-likeness (QED) is 0.322. The molecule has 0 aliphatic carbocycles. The summed E-state index contributed by atoms with van der Waals surface area (Å²) in [6, 6.07) is 20.3. The Morgan fingerprint density at radius 3 is 2.46 bits per heavy atom. The number of para-hydroxylation sites is 2. The highest BCUT2D eigenvalue weighted by molar-refractivity contribution is 6.31. The maximum Gasteiger partial charge on any atom is 0.241 e. The first-order valence-corrected chi connectivity index (χ1v) is 12.2. The minimum Gasteiger partial charge on any atom is -0.452 e. The number of benzene rings is 3. The number of amides is 1. The molecular formula is C28H22ClN5O3. The second-order valence-electron chi connectivity index (χ2n) is 8.97. The third-order valence-electron chi connectivity index (χ3n) is 6.50. The third-order valence-corrected chi connectivity index (χ3v) is 6.74. The Kier molecular flexibility index (Phi) is 6.01. The number of anilines is 1. The Balaban J connectivity index is 1.47. The number of ether oxygens (including phenoxy) is 2. The summed E-state index contributed by atoms with van der Waals surface area (Å²) in [6.07, 6.45) is 3.59. The van der Waals surface area contributed by atoms with Crippen molar-refractivity contribution in [2.75, 3.05) is 24.5 Å². The molecule has 5 aliphatic rings. The fraction of sp³-hybridized carbons (Fsp3) is 0.179. The van der Waals surface area contributed by atoms with Crippen LogP contribution in [0, 0.1) is 11.3 Å². The summed E-state index contributed by atoms with van der Waals surface area (Å²) in [5.41, 5.74) is 2.95. The zero-order valence-corrected chi connectivity index (χ0v) is 20.6. The standard InChI is InChI=1S/C28H22ClN5O3/c29-21-6-8-25-23(12-21)34-10-9-32(17-28(34)35)16-22-14-31-18-33(22)15-19-5-7-24(20(11-19)13-30)36-26-3-1-2-4-27(26)37-25/h1-8,11-12,14,18H,9-10,15-17H2. The maximum absolute atomic E-state index is 13.3. The van der Waals surface area contributed by atoms with Crippen molar-refractivity contribution in [3.63, 3.8) is 0 Å². The lowest BCUT2D eigenvalue weighted by Gasteiger charge is -2.35. The molecule has 1 fully saturated rings. The van der Waals surface area contributed by atoms with Crippen molar-refractivity contribution in [3.05, 3.63) is 95.0 Å². The lowest BCUT2D eigenvalue weighted by Crippen LogP contribution is -2.50. The second-order valence-corrected chi connectivity index (χ2v) is 9.41. The number of imidazole rings is 1. The van der Waals surface area contributed by atoms with E-state index in [2.05, 4.69) is 16.0 Å². The van der Waals surface area contributed by atoms with Gasteiger partial charge in [-0.3, -0.25) is 9.69 Å². The van der Waals surface area contributed by atoms with Crippen LogP contribution in [-0.2, 0) is 17.9 Å². The molecule has 1 saturated heterocycles. The minimum atomic E-state index is -0.0383. The molecule has 0 spiro atoms. The van der Waals surface area contributed by atoms with Gasteiger partial charge in [-0.05, 0) is 48.0 Å². The van der Waals surface area contributed by atoms with E-state index in [1.54, 1.807) is 47.6 Å². The van der Waals surface area contributed by atoms with Crippen LogP contribution in [0.4, 0.5) is 5.69 Å². The molecular weight excluding hydrogens is 490 g/mol. The van der Waals surface area contributed by atoms with Gasteiger partial charge in [0.25, 0.3) is 0 Å². The van der Waals surface area contributed by atoms with E-state index in [4.69, 9.17) is 21.1 Å². The van der Waals surface area contributed by atoms with Gasteiger partial charge in [-0.1, -0.05) is 29.8 Å². The number of carbonyl (C=O) groups excluding carboxylic acids is 1. The summed E-state index contributed by atoms with van der Waals surface area (Å²) >= 11 is 6.34. The number of rotatable bonds is 0. The first-order chi connectivity index (χ1) is 18.1. The molecule has 184 valence electrons. The summed E-state index contributed by atoms with van der Waals surface area (Å²) in [6.45, 7) is 2.55. The van der Waals surface area contributed by atoms with E-state index in [0.29, 0.717) is 65.5 Å². The molecule has 4 aromatic rings. The Labute approximate surface area is 218 Å². The highest BCUT2D eigenvalue weighted by atomic mass is 35.5. The highest BCUT2D eigenvalue weighted by Crippen LogP contribution is 2.40. The number of nitrogens with zero attached hydrogens (tertiary/aromatic N) is 5. The van der Waals surface area contributed by atoms with Gasteiger partial charge >= 0.3 is 0 Å². The van der Waals surface area contributed by atoms with Crippen LogP contribution in [0.15, 0.2) is 73.2 Å². The second kappa shape index (κ2) is 9.62. The number of aromatic nitrogens is 2. The third kappa shape index (κ3) is 4.62. The van der Waals surface area contributed by atoms with Gasteiger partial charge in [0.15, 0.2) is 17.2 Å². The zero-order chi connectivity index (χ0) is 25.4. The van der Waals surface area contributed by atoms with Gasteiger partial charge in [-0.25, -0.2) is 4.98 Å². The predicted octanol–water partition coefficient (Wildman–Crippen LogP) is 5.20. The first kappa shape index (κ1) is 23.1. The summed E-state index contributed by atoms with van der Waals surface area (Å²) in [4.78, 5) is 21.4. The van der Waals surface area contributed by atoms with Gasteiger partial charge in [0, 0.05) is 37.4 Å². The molecule has 8 nitrogen and oxygen atoms in total. The number of nitriles is 1. The van der Waals surface area contributed by atoms with Crippen molar-refractivity contribution in [1.29, 1.82) is 5.26 Å². The van der Waals surface area contributed by atoms with Gasteiger partial charge in [0.1, 0.15) is 11.8 Å². The molecule has 0 radical (unpaired) electrons. The van der Waals surface area contributed by atoms with Crippen LogP contribution in [0.1, 0.15) is 16.8 Å². The predicted molar refractivity (Wildman–Crippen MR) is 138 cm³/mol. The number of hydrogen-bond acceptors (Lipinski definition) is 6. The topological polar surface area (TPSA) is 83.6 Å². The summed E-state index contributed by atoms with van der Waals surface area (Å²) < 4.78 is 14.5. The maximum atomic E-state index is 13.3. The van der Waals surface area contributed by atoms with E-state index in [9.17, 15) is 10.1 Å². The summed E-state index contributed by atoms with van der Waals surface area (Å²) in [5.74, 6) is 1.77. The van der Waals surface area contributed by atoms with E-state index in [1.807, 2.05) is 35.0 Å². The Morgan fingerprint density at radius 2 is 1.68 bits per heavy atom. The van der Waals surface area contributed by atoms with Gasteiger partial charge in [-0.15, -0.1) is 0 Å². The zero-order valence-electron chi connectivity index (χ0n) is 19.8. The van der Waals surface area contributed by atoms with Crippen molar-refractivity contribution in [2.45, 2.75) is 13.1 Å². The molecule has 5 aliphatic heterocycles. The van der Waals surface area contributed by atoms with E-state index in [0.717, 1.165) is 11.3 Å². The monoisotopic (exact) mass is 511 g/mol. The van der Waals surface area contributed by atoms with Crippen LogP contribution >= 0.6 is 11.6 Å². The SMILES string of the molecule is N#Cc1cc2ccc1Oc1ccccc1Oc1ccc(Cl)cc1N1CCN(CC1=O)Cc1cncn1C2. The Bertz CT molecular complexity index is 1540. The largest absolute Gasteiger partial charge is 0.452 e. The molecule has 3 aromatic carbocycles. The molecule has 4 bridgehead atoms. The first-order valence-electron chi connectivity index (χ1n) is 11.9. The fourth-order valence-electron chi connectivity index (χ4n) is 4.65. The molecule has 6 heterocycles. The van der Waals surface area contributed by atoms with Crippen LogP contribution in [0.5, 0.6) is 23.0 Å². The van der Waals surface area contributed by atoms with Crippen LogP contribution in [0.25, 0.3) is 0 Å². The fourth-order valence-corrected chi connectivity index (χ4v) is 4.82. The van der Waals surface area contributed by atoms with Gasteiger partial charge in [0.05, 0.1) is 29.8 Å². The lowest BCUT2D eigenvalue weighted by atomic mass is 10.1. The molecule has 0 saturated carbocycles. The molecule has 9 heteroatoms. The van der Waals surface area contributed by atoms with Crippen molar-refractivity contribution >= 4 is 23.2 Å². The average molecular weight is 512 g/mol. The van der Waals surface area contributed by atoms with Crippen LogP contribution in [-0.4, -0.2) is 40.0 Å². The molecule has 1 unspecified atom stereocenters.